The predicted octanol–water partition coefficient (Wildman–Crippen LogP) is 2.91. The van der Waals surface area contributed by atoms with Gasteiger partial charge in [0.2, 0.25) is 10.1 Å². The highest BCUT2D eigenvalue weighted by Gasteiger charge is 2.36. The second kappa shape index (κ2) is 5.24. The Morgan fingerprint density at radius 2 is 2.21 bits per heavy atom. The van der Waals surface area contributed by atoms with Gasteiger partial charge in [-0.3, -0.25) is 0 Å². The molecule has 1 aromatic rings. The number of anilines is 1. The molecule has 0 radical (unpaired) electrons. The number of alkyl halides is 3. The van der Waals surface area contributed by atoms with Crippen LogP contribution in [0.15, 0.2) is 0 Å². The average Bonchev–Trinajstić information content (AvgIpc) is 2.74. The van der Waals surface area contributed by atoms with Gasteiger partial charge in [0.25, 0.3) is 0 Å². The maximum absolute atomic E-state index is 12.4. The van der Waals surface area contributed by atoms with Crippen molar-refractivity contribution in [2.75, 3.05) is 11.9 Å². The van der Waals surface area contributed by atoms with Crippen LogP contribution in [0.1, 0.15) is 37.6 Å². The summed E-state index contributed by atoms with van der Waals surface area (Å²) in [6, 6.07) is 0. The maximum atomic E-state index is 12.4. The summed E-state index contributed by atoms with van der Waals surface area (Å²) in [5, 5.41) is 18.8. The lowest BCUT2D eigenvalue weighted by Gasteiger charge is -2.35. The molecule has 0 bridgehead atoms. The number of aromatic nitrogens is 2. The van der Waals surface area contributed by atoms with Crippen molar-refractivity contribution in [3.63, 3.8) is 0 Å². The Bertz CT molecular complexity index is 437. The molecule has 1 aliphatic carbocycles. The van der Waals surface area contributed by atoms with Gasteiger partial charge in [0.05, 0.1) is 5.60 Å². The Morgan fingerprint density at radius 3 is 2.79 bits per heavy atom. The van der Waals surface area contributed by atoms with E-state index in [0.717, 1.165) is 12.8 Å². The van der Waals surface area contributed by atoms with E-state index in [1.807, 2.05) is 0 Å². The maximum Gasteiger partial charge on any atom is 0.445 e. The van der Waals surface area contributed by atoms with E-state index in [0.29, 0.717) is 30.1 Å². The Hall–Kier alpha value is -0.890. The minimum atomic E-state index is -4.46. The van der Waals surface area contributed by atoms with Crippen LogP contribution in [0, 0.1) is 5.92 Å². The van der Waals surface area contributed by atoms with Crippen LogP contribution in [0.4, 0.5) is 18.3 Å². The molecule has 1 fully saturated rings. The highest BCUT2D eigenvalue weighted by molar-refractivity contribution is 7.15. The van der Waals surface area contributed by atoms with E-state index >= 15 is 0 Å². The summed E-state index contributed by atoms with van der Waals surface area (Å²) in [6.07, 6.45) is -1.13. The third kappa shape index (κ3) is 3.79. The van der Waals surface area contributed by atoms with Gasteiger partial charge in [-0.15, -0.1) is 10.2 Å². The molecule has 0 amide bonds. The van der Waals surface area contributed by atoms with Crippen molar-refractivity contribution in [2.45, 2.75) is 44.4 Å². The Morgan fingerprint density at radius 1 is 1.47 bits per heavy atom. The second-order valence-electron chi connectivity index (χ2n) is 5.19. The number of aliphatic hydroxyl groups is 1. The lowest BCUT2D eigenvalue weighted by atomic mass is 9.79. The molecule has 1 aromatic heterocycles. The van der Waals surface area contributed by atoms with E-state index in [9.17, 15) is 18.3 Å². The zero-order valence-electron chi connectivity index (χ0n) is 10.5. The van der Waals surface area contributed by atoms with Crippen LogP contribution in [0.3, 0.4) is 0 Å². The van der Waals surface area contributed by atoms with E-state index in [1.165, 1.54) is 0 Å². The van der Waals surface area contributed by atoms with Crippen LogP contribution >= 0.6 is 11.3 Å². The van der Waals surface area contributed by atoms with Gasteiger partial charge in [-0.05, 0) is 18.8 Å². The van der Waals surface area contributed by atoms with E-state index < -0.39 is 16.8 Å². The topological polar surface area (TPSA) is 58.0 Å². The Labute approximate surface area is 113 Å². The van der Waals surface area contributed by atoms with Crippen LogP contribution in [-0.4, -0.2) is 27.4 Å². The summed E-state index contributed by atoms with van der Waals surface area (Å²) in [4.78, 5) is 0. The predicted molar refractivity (Wildman–Crippen MR) is 66.0 cm³/mol. The van der Waals surface area contributed by atoms with Crippen molar-refractivity contribution < 1.29 is 18.3 Å². The van der Waals surface area contributed by atoms with Gasteiger partial charge < -0.3 is 10.4 Å². The molecule has 108 valence electrons. The van der Waals surface area contributed by atoms with Gasteiger partial charge in [-0.25, -0.2) is 0 Å². The van der Waals surface area contributed by atoms with Gasteiger partial charge in [-0.1, -0.05) is 31.1 Å². The number of rotatable bonds is 3. The smallest absolute Gasteiger partial charge is 0.388 e. The summed E-state index contributed by atoms with van der Waals surface area (Å²) in [6.45, 7) is 2.28. The standard InChI is InChI=1S/C11H16F3N3OS/c1-7-3-2-4-10(18,5-7)6-15-9-17-16-8(19-9)11(12,13)14/h7,18H,2-6H2,1H3,(H,15,17). The summed E-state index contributed by atoms with van der Waals surface area (Å²) in [7, 11) is 0. The fraction of sp³-hybridized carbons (Fsp3) is 0.818. The monoisotopic (exact) mass is 295 g/mol. The van der Waals surface area contributed by atoms with Crippen molar-refractivity contribution >= 4 is 16.5 Å². The minimum absolute atomic E-state index is 0.0963. The van der Waals surface area contributed by atoms with E-state index in [4.69, 9.17) is 0 Å². The lowest BCUT2D eigenvalue weighted by molar-refractivity contribution is -0.138. The highest BCUT2D eigenvalue weighted by atomic mass is 32.1. The molecule has 4 nitrogen and oxygen atoms in total. The summed E-state index contributed by atoms with van der Waals surface area (Å²) < 4.78 is 37.1. The first kappa shape index (κ1) is 14.5. The third-order valence-electron chi connectivity index (χ3n) is 3.30. The molecule has 2 unspecified atom stereocenters. The number of hydrogen-bond acceptors (Lipinski definition) is 5. The largest absolute Gasteiger partial charge is 0.445 e. The molecule has 0 aliphatic heterocycles. The molecular formula is C11H16F3N3OS. The van der Waals surface area contributed by atoms with Crippen LogP contribution in [0.25, 0.3) is 0 Å². The first-order valence-electron chi connectivity index (χ1n) is 6.15. The number of nitrogens with zero attached hydrogens (tertiary/aromatic N) is 2. The number of halogens is 3. The van der Waals surface area contributed by atoms with Crippen LogP contribution < -0.4 is 5.32 Å². The molecule has 19 heavy (non-hydrogen) atoms. The van der Waals surface area contributed by atoms with E-state index in [1.54, 1.807) is 0 Å². The summed E-state index contributed by atoms with van der Waals surface area (Å²) >= 11 is 0.458. The average molecular weight is 295 g/mol. The van der Waals surface area contributed by atoms with Gasteiger partial charge >= 0.3 is 6.18 Å². The van der Waals surface area contributed by atoms with Gasteiger partial charge in [0.1, 0.15) is 0 Å². The van der Waals surface area contributed by atoms with Crippen molar-refractivity contribution in [1.29, 1.82) is 0 Å². The molecule has 2 N–H and O–H groups in total. The molecule has 0 saturated heterocycles. The zero-order chi connectivity index (χ0) is 14.1. The van der Waals surface area contributed by atoms with Crippen LogP contribution in [0.2, 0.25) is 0 Å². The first-order valence-corrected chi connectivity index (χ1v) is 6.97. The van der Waals surface area contributed by atoms with Crippen LogP contribution in [-0.2, 0) is 6.18 Å². The molecule has 0 spiro atoms. The second-order valence-corrected chi connectivity index (χ2v) is 6.17. The molecular weight excluding hydrogens is 279 g/mol. The first-order chi connectivity index (χ1) is 8.78. The molecule has 0 aromatic carbocycles. The minimum Gasteiger partial charge on any atom is -0.388 e. The number of hydrogen-bond donors (Lipinski definition) is 2. The summed E-state index contributed by atoms with van der Waals surface area (Å²) in [5.74, 6) is 0.431. The van der Waals surface area contributed by atoms with Gasteiger partial charge in [-0.2, -0.15) is 13.2 Å². The fourth-order valence-corrected chi connectivity index (χ4v) is 3.05. The normalized spacial score (nSPS) is 28.4. The SMILES string of the molecule is CC1CCCC(O)(CNc2nnc(C(F)(F)F)s2)C1. The van der Waals surface area contributed by atoms with Crippen LogP contribution in [0.5, 0.6) is 0 Å². The van der Waals surface area contributed by atoms with E-state index in [2.05, 4.69) is 22.4 Å². The van der Waals surface area contributed by atoms with Crippen molar-refractivity contribution in [2.24, 2.45) is 5.92 Å². The quantitative estimate of drug-likeness (QED) is 0.900. The molecule has 8 heteroatoms. The molecule has 2 rings (SSSR count). The van der Waals surface area contributed by atoms with Crippen molar-refractivity contribution in [3.05, 3.63) is 5.01 Å². The zero-order valence-corrected chi connectivity index (χ0v) is 11.3. The lowest BCUT2D eigenvalue weighted by Crippen LogP contribution is -2.41. The highest BCUT2D eigenvalue weighted by Crippen LogP contribution is 2.35. The van der Waals surface area contributed by atoms with E-state index in [-0.39, 0.29) is 11.7 Å². The number of nitrogens with one attached hydrogen (secondary N) is 1. The molecule has 2 atom stereocenters. The third-order valence-corrected chi connectivity index (χ3v) is 4.23. The molecule has 1 aliphatic rings. The van der Waals surface area contributed by atoms with Crippen molar-refractivity contribution in [1.82, 2.24) is 10.2 Å². The summed E-state index contributed by atoms with van der Waals surface area (Å²) in [5.41, 5.74) is -0.859. The Balaban J connectivity index is 1.93. The van der Waals surface area contributed by atoms with Gasteiger partial charge in [0, 0.05) is 6.54 Å². The molecule has 1 saturated carbocycles. The van der Waals surface area contributed by atoms with Gasteiger partial charge in [0.15, 0.2) is 0 Å². The Kier molecular flexibility index (Phi) is 4.00. The van der Waals surface area contributed by atoms with Crippen molar-refractivity contribution in [3.8, 4) is 0 Å². The molecule has 1 heterocycles. The fourth-order valence-electron chi connectivity index (χ4n) is 2.44.